The molecule has 2 heterocycles. The summed E-state index contributed by atoms with van der Waals surface area (Å²) in [6, 6.07) is 10.3. The fourth-order valence-corrected chi connectivity index (χ4v) is 4.01. The summed E-state index contributed by atoms with van der Waals surface area (Å²) in [5.41, 5.74) is 3.64. The number of nitrogens with zero attached hydrogens (tertiary/aromatic N) is 1. The van der Waals surface area contributed by atoms with Gasteiger partial charge in [-0.1, -0.05) is 24.3 Å². The molecule has 100 valence electrons. The average molecular weight is 391 g/mol. The van der Waals surface area contributed by atoms with Crippen molar-refractivity contribution in [2.75, 3.05) is 0 Å². The first kappa shape index (κ1) is 13.8. The van der Waals surface area contributed by atoms with Gasteiger partial charge in [0.2, 0.25) is 0 Å². The number of thiophene rings is 1. The fraction of sp³-hybridized carbons (Fsp3) is 0.118. The van der Waals surface area contributed by atoms with Crippen LogP contribution in [0.3, 0.4) is 0 Å². The highest BCUT2D eigenvalue weighted by Gasteiger charge is 2.07. The SMILES string of the molecule is Cc1sc(C=Cc2ccnc3ccccc23)c(C)c1I. The second-order valence-corrected chi connectivity index (χ2v) is 7.05. The van der Waals surface area contributed by atoms with Gasteiger partial charge < -0.3 is 0 Å². The van der Waals surface area contributed by atoms with Gasteiger partial charge in [0.25, 0.3) is 0 Å². The molecule has 0 saturated heterocycles. The third kappa shape index (κ3) is 2.52. The zero-order chi connectivity index (χ0) is 14.1. The number of pyridine rings is 1. The number of hydrogen-bond donors (Lipinski definition) is 0. The molecule has 0 bridgehead atoms. The minimum atomic E-state index is 1.04. The topological polar surface area (TPSA) is 12.9 Å². The number of fused-ring (bicyclic) bond motifs is 1. The predicted molar refractivity (Wildman–Crippen MR) is 97.2 cm³/mol. The molecule has 3 rings (SSSR count). The minimum absolute atomic E-state index is 1.04. The van der Waals surface area contributed by atoms with Crippen molar-refractivity contribution in [2.45, 2.75) is 13.8 Å². The first-order valence-electron chi connectivity index (χ1n) is 6.44. The van der Waals surface area contributed by atoms with Gasteiger partial charge in [-0.05, 0) is 65.8 Å². The van der Waals surface area contributed by atoms with Crippen LogP contribution in [0.5, 0.6) is 0 Å². The van der Waals surface area contributed by atoms with Crippen LogP contribution in [0.25, 0.3) is 23.1 Å². The second-order valence-electron chi connectivity index (χ2n) is 4.71. The summed E-state index contributed by atoms with van der Waals surface area (Å²) in [7, 11) is 0. The molecule has 0 fully saturated rings. The first-order chi connectivity index (χ1) is 9.66. The van der Waals surface area contributed by atoms with E-state index in [1.54, 1.807) is 0 Å². The van der Waals surface area contributed by atoms with Crippen LogP contribution in [0.4, 0.5) is 0 Å². The Labute approximate surface area is 136 Å². The van der Waals surface area contributed by atoms with Gasteiger partial charge in [0, 0.05) is 24.9 Å². The predicted octanol–water partition coefficient (Wildman–Crippen LogP) is 5.69. The van der Waals surface area contributed by atoms with Crippen molar-refractivity contribution in [3.63, 3.8) is 0 Å². The normalized spacial score (nSPS) is 11.6. The summed E-state index contributed by atoms with van der Waals surface area (Å²) < 4.78 is 1.38. The van der Waals surface area contributed by atoms with Gasteiger partial charge in [-0.15, -0.1) is 11.3 Å². The minimum Gasteiger partial charge on any atom is -0.256 e. The summed E-state index contributed by atoms with van der Waals surface area (Å²) >= 11 is 4.28. The van der Waals surface area contributed by atoms with E-state index in [1.165, 1.54) is 29.8 Å². The highest BCUT2D eigenvalue weighted by atomic mass is 127. The van der Waals surface area contributed by atoms with Crippen molar-refractivity contribution in [2.24, 2.45) is 0 Å². The van der Waals surface area contributed by atoms with E-state index in [0.29, 0.717) is 0 Å². The maximum Gasteiger partial charge on any atom is 0.0707 e. The molecule has 20 heavy (non-hydrogen) atoms. The van der Waals surface area contributed by atoms with Crippen LogP contribution in [-0.4, -0.2) is 4.98 Å². The Morgan fingerprint density at radius 1 is 1.10 bits per heavy atom. The zero-order valence-electron chi connectivity index (χ0n) is 11.4. The van der Waals surface area contributed by atoms with E-state index >= 15 is 0 Å². The van der Waals surface area contributed by atoms with E-state index in [-0.39, 0.29) is 0 Å². The maximum absolute atomic E-state index is 4.40. The highest BCUT2D eigenvalue weighted by molar-refractivity contribution is 14.1. The molecule has 0 unspecified atom stereocenters. The number of rotatable bonds is 2. The van der Waals surface area contributed by atoms with Crippen LogP contribution in [0.2, 0.25) is 0 Å². The van der Waals surface area contributed by atoms with E-state index in [1.807, 2.05) is 23.6 Å². The van der Waals surface area contributed by atoms with E-state index < -0.39 is 0 Å². The Morgan fingerprint density at radius 2 is 1.90 bits per heavy atom. The van der Waals surface area contributed by atoms with Crippen LogP contribution in [-0.2, 0) is 0 Å². The summed E-state index contributed by atoms with van der Waals surface area (Å²) in [5.74, 6) is 0. The highest BCUT2D eigenvalue weighted by Crippen LogP contribution is 2.30. The molecule has 0 spiro atoms. The van der Waals surface area contributed by atoms with Crippen molar-refractivity contribution in [1.82, 2.24) is 4.98 Å². The van der Waals surface area contributed by atoms with Gasteiger partial charge in [0.05, 0.1) is 5.52 Å². The quantitative estimate of drug-likeness (QED) is 0.512. The molecule has 2 aromatic heterocycles. The van der Waals surface area contributed by atoms with Crippen LogP contribution >= 0.6 is 33.9 Å². The van der Waals surface area contributed by atoms with Gasteiger partial charge in [0.1, 0.15) is 0 Å². The van der Waals surface area contributed by atoms with Gasteiger partial charge in [-0.25, -0.2) is 0 Å². The number of aryl methyl sites for hydroxylation is 1. The third-order valence-corrected chi connectivity index (χ3v) is 6.52. The number of hydrogen-bond acceptors (Lipinski definition) is 2. The van der Waals surface area contributed by atoms with Crippen molar-refractivity contribution in [3.8, 4) is 0 Å². The Balaban J connectivity index is 2.05. The van der Waals surface area contributed by atoms with Crippen molar-refractivity contribution < 1.29 is 0 Å². The van der Waals surface area contributed by atoms with Gasteiger partial charge >= 0.3 is 0 Å². The summed E-state index contributed by atoms with van der Waals surface area (Å²) in [6.07, 6.45) is 6.29. The van der Waals surface area contributed by atoms with E-state index in [9.17, 15) is 0 Å². The molecule has 0 saturated carbocycles. The first-order valence-corrected chi connectivity index (χ1v) is 8.33. The molecule has 0 N–H and O–H groups in total. The molecule has 0 atom stereocenters. The lowest BCUT2D eigenvalue weighted by Crippen LogP contribution is -1.81. The second kappa shape index (κ2) is 5.66. The van der Waals surface area contributed by atoms with Crippen molar-refractivity contribution in [3.05, 3.63) is 61.0 Å². The van der Waals surface area contributed by atoms with Crippen LogP contribution in [0.15, 0.2) is 36.5 Å². The lowest BCUT2D eigenvalue weighted by atomic mass is 10.1. The number of aromatic nitrogens is 1. The van der Waals surface area contributed by atoms with E-state index in [2.05, 4.69) is 77.8 Å². The number of benzene rings is 1. The average Bonchev–Trinajstić information content (AvgIpc) is 2.72. The van der Waals surface area contributed by atoms with E-state index in [4.69, 9.17) is 0 Å². The summed E-state index contributed by atoms with van der Waals surface area (Å²) in [5, 5.41) is 1.20. The molecule has 0 radical (unpaired) electrons. The van der Waals surface area contributed by atoms with Gasteiger partial charge in [0.15, 0.2) is 0 Å². The monoisotopic (exact) mass is 391 g/mol. The fourth-order valence-electron chi connectivity index (χ4n) is 2.25. The Bertz CT molecular complexity index is 797. The molecule has 0 aliphatic rings. The molecular weight excluding hydrogens is 377 g/mol. The molecule has 0 aliphatic heterocycles. The van der Waals surface area contributed by atoms with Gasteiger partial charge in [-0.2, -0.15) is 0 Å². The Kier molecular flexibility index (Phi) is 3.89. The third-order valence-electron chi connectivity index (χ3n) is 3.37. The molecular formula is C17H14INS. The molecule has 0 amide bonds. The molecule has 1 nitrogen and oxygen atoms in total. The number of para-hydroxylation sites is 1. The molecule has 3 aromatic rings. The Morgan fingerprint density at radius 3 is 2.65 bits per heavy atom. The largest absolute Gasteiger partial charge is 0.256 e. The van der Waals surface area contributed by atoms with Crippen molar-refractivity contribution in [1.29, 1.82) is 0 Å². The van der Waals surface area contributed by atoms with Crippen LogP contribution < -0.4 is 0 Å². The molecule has 1 aromatic carbocycles. The van der Waals surface area contributed by atoms with Gasteiger partial charge in [-0.3, -0.25) is 4.98 Å². The zero-order valence-corrected chi connectivity index (χ0v) is 14.3. The van der Waals surface area contributed by atoms with E-state index in [0.717, 1.165) is 5.52 Å². The lowest BCUT2D eigenvalue weighted by Gasteiger charge is -2.00. The van der Waals surface area contributed by atoms with Crippen LogP contribution in [0.1, 0.15) is 20.9 Å². The maximum atomic E-state index is 4.40. The summed E-state index contributed by atoms with van der Waals surface area (Å²) in [6.45, 7) is 4.37. The molecule has 3 heteroatoms. The summed E-state index contributed by atoms with van der Waals surface area (Å²) in [4.78, 5) is 7.13. The lowest BCUT2D eigenvalue weighted by molar-refractivity contribution is 1.41. The van der Waals surface area contributed by atoms with Crippen LogP contribution in [0, 0.1) is 17.4 Å². The van der Waals surface area contributed by atoms with Crippen molar-refractivity contribution >= 4 is 57.0 Å². The Hall–Kier alpha value is -1.20. The standard InChI is InChI=1S/C17H14INS/c1-11-16(20-12(2)17(11)18)8-7-13-9-10-19-15-6-4-3-5-14(13)15/h3-10H,1-2H3. The smallest absolute Gasteiger partial charge is 0.0707 e. The molecule has 0 aliphatic carbocycles. The number of halogens is 1.